The molecule has 1 fully saturated rings. The van der Waals surface area contributed by atoms with Crippen LogP contribution in [0, 0.1) is 5.92 Å². The molecule has 0 saturated heterocycles. The van der Waals surface area contributed by atoms with E-state index in [1.54, 1.807) is 11.3 Å². The van der Waals surface area contributed by atoms with E-state index in [1.165, 1.54) is 49.8 Å². The Kier molecular flexibility index (Phi) is 6.00. The highest BCUT2D eigenvalue weighted by atomic mass is 35.5. The highest BCUT2D eigenvalue weighted by molar-refractivity contribution is 7.10. The summed E-state index contributed by atoms with van der Waals surface area (Å²) >= 11 is 8.09. The second-order valence-electron chi connectivity index (χ2n) is 5.34. The van der Waals surface area contributed by atoms with Gasteiger partial charge in [0.25, 0.3) is 0 Å². The summed E-state index contributed by atoms with van der Waals surface area (Å²) in [6.07, 6.45) is 9.78. The minimum atomic E-state index is 0.464. The number of hydrogen-bond donors (Lipinski definition) is 1. The highest BCUT2D eigenvalue weighted by Crippen LogP contribution is 2.36. The van der Waals surface area contributed by atoms with Crippen molar-refractivity contribution in [3.63, 3.8) is 0 Å². The van der Waals surface area contributed by atoms with Crippen LogP contribution in [0.2, 0.25) is 5.02 Å². The Morgan fingerprint density at radius 3 is 2.61 bits per heavy atom. The third-order valence-corrected chi connectivity index (χ3v) is 5.43. The van der Waals surface area contributed by atoms with E-state index >= 15 is 0 Å². The maximum Gasteiger partial charge on any atom is 0.0561 e. The van der Waals surface area contributed by atoms with Gasteiger partial charge in [-0.2, -0.15) is 0 Å². The fourth-order valence-corrected chi connectivity index (χ4v) is 4.29. The molecule has 0 aromatic carbocycles. The molecular weight excluding hydrogens is 262 g/mol. The Bertz CT molecular complexity index is 342. The predicted octanol–water partition coefficient (Wildman–Crippen LogP) is 5.41. The SMILES string of the molecule is CCNC(CC1CCCCCC1)c1sccc1Cl. The zero-order valence-corrected chi connectivity index (χ0v) is 12.8. The van der Waals surface area contributed by atoms with Crippen molar-refractivity contribution in [2.24, 2.45) is 5.92 Å². The largest absolute Gasteiger partial charge is 0.309 e. The Labute approximate surface area is 120 Å². The van der Waals surface area contributed by atoms with Crippen LogP contribution in [0.5, 0.6) is 0 Å². The van der Waals surface area contributed by atoms with Crippen LogP contribution in [-0.4, -0.2) is 6.54 Å². The van der Waals surface area contributed by atoms with E-state index in [-0.39, 0.29) is 0 Å². The minimum absolute atomic E-state index is 0.464. The van der Waals surface area contributed by atoms with Crippen LogP contribution in [0.4, 0.5) is 0 Å². The molecule has 1 saturated carbocycles. The molecule has 0 spiro atoms. The summed E-state index contributed by atoms with van der Waals surface area (Å²) in [4.78, 5) is 1.34. The molecule has 1 aromatic rings. The van der Waals surface area contributed by atoms with Crippen molar-refractivity contribution in [3.05, 3.63) is 21.3 Å². The minimum Gasteiger partial charge on any atom is -0.309 e. The normalized spacial score (nSPS) is 19.7. The van der Waals surface area contributed by atoms with E-state index in [4.69, 9.17) is 11.6 Å². The van der Waals surface area contributed by atoms with Crippen LogP contribution < -0.4 is 5.32 Å². The van der Waals surface area contributed by atoms with Gasteiger partial charge in [-0.1, -0.05) is 57.0 Å². The summed E-state index contributed by atoms with van der Waals surface area (Å²) in [5, 5.41) is 6.67. The van der Waals surface area contributed by atoms with Crippen molar-refractivity contribution >= 4 is 22.9 Å². The number of nitrogens with one attached hydrogen (secondary N) is 1. The Morgan fingerprint density at radius 1 is 1.33 bits per heavy atom. The van der Waals surface area contributed by atoms with Crippen LogP contribution in [-0.2, 0) is 0 Å². The Balaban J connectivity index is 1.99. The first-order valence-electron chi connectivity index (χ1n) is 7.27. The van der Waals surface area contributed by atoms with E-state index in [0.717, 1.165) is 17.5 Å². The molecule has 1 nitrogen and oxygen atoms in total. The zero-order valence-electron chi connectivity index (χ0n) is 11.3. The van der Waals surface area contributed by atoms with Crippen LogP contribution in [0.3, 0.4) is 0 Å². The van der Waals surface area contributed by atoms with Crippen molar-refractivity contribution in [2.75, 3.05) is 6.54 Å². The number of hydrogen-bond acceptors (Lipinski definition) is 2. The molecule has 1 N–H and O–H groups in total. The van der Waals surface area contributed by atoms with Gasteiger partial charge in [0.05, 0.1) is 5.02 Å². The quantitative estimate of drug-likeness (QED) is 0.713. The Morgan fingerprint density at radius 2 is 2.06 bits per heavy atom. The van der Waals surface area contributed by atoms with Crippen molar-refractivity contribution < 1.29 is 0 Å². The lowest BCUT2D eigenvalue weighted by Crippen LogP contribution is -2.23. The molecule has 18 heavy (non-hydrogen) atoms. The number of rotatable bonds is 5. The molecule has 1 aliphatic rings. The van der Waals surface area contributed by atoms with Crippen LogP contribution in [0.25, 0.3) is 0 Å². The van der Waals surface area contributed by atoms with E-state index in [0.29, 0.717) is 6.04 Å². The average Bonchev–Trinajstić information content (AvgIpc) is 2.63. The molecule has 1 heterocycles. The molecule has 0 amide bonds. The third-order valence-electron chi connectivity index (χ3n) is 3.96. The van der Waals surface area contributed by atoms with Gasteiger partial charge >= 0.3 is 0 Å². The van der Waals surface area contributed by atoms with Gasteiger partial charge in [-0.3, -0.25) is 0 Å². The first kappa shape index (κ1) is 14.4. The first-order valence-corrected chi connectivity index (χ1v) is 8.53. The molecular formula is C15H24ClNS. The van der Waals surface area contributed by atoms with Crippen LogP contribution in [0.15, 0.2) is 11.4 Å². The fourth-order valence-electron chi connectivity index (χ4n) is 3.02. The summed E-state index contributed by atoms with van der Waals surface area (Å²) in [5.74, 6) is 0.884. The molecule has 0 aliphatic heterocycles. The first-order chi connectivity index (χ1) is 8.81. The second kappa shape index (κ2) is 7.52. The fraction of sp³-hybridized carbons (Fsp3) is 0.733. The van der Waals surface area contributed by atoms with Crippen LogP contribution >= 0.6 is 22.9 Å². The third kappa shape index (κ3) is 3.97. The molecule has 102 valence electrons. The van der Waals surface area contributed by atoms with Crippen molar-refractivity contribution in [3.8, 4) is 0 Å². The van der Waals surface area contributed by atoms with Gasteiger partial charge in [-0.05, 0) is 30.3 Å². The lowest BCUT2D eigenvalue weighted by Gasteiger charge is -2.23. The summed E-state index contributed by atoms with van der Waals surface area (Å²) in [7, 11) is 0. The summed E-state index contributed by atoms with van der Waals surface area (Å²) in [5.41, 5.74) is 0. The average molecular weight is 286 g/mol. The summed E-state index contributed by atoms with van der Waals surface area (Å²) in [6, 6.07) is 2.49. The summed E-state index contributed by atoms with van der Waals surface area (Å²) in [6.45, 7) is 3.20. The molecule has 0 bridgehead atoms. The topological polar surface area (TPSA) is 12.0 Å². The van der Waals surface area contributed by atoms with Gasteiger partial charge in [0.2, 0.25) is 0 Å². The van der Waals surface area contributed by atoms with E-state index in [1.807, 2.05) is 6.07 Å². The van der Waals surface area contributed by atoms with Crippen molar-refractivity contribution in [1.82, 2.24) is 5.32 Å². The lowest BCUT2D eigenvalue weighted by atomic mass is 9.92. The van der Waals surface area contributed by atoms with Gasteiger partial charge in [0.15, 0.2) is 0 Å². The monoisotopic (exact) mass is 285 g/mol. The highest BCUT2D eigenvalue weighted by Gasteiger charge is 2.21. The van der Waals surface area contributed by atoms with E-state index in [9.17, 15) is 0 Å². The van der Waals surface area contributed by atoms with E-state index < -0.39 is 0 Å². The molecule has 1 unspecified atom stereocenters. The lowest BCUT2D eigenvalue weighted by molar-refractivity contribution is 0.362. The van der Waals surface area contributed by atoms with Crippen LogP contribution in [0.1, 0.15) is 62.8 Å². The second-order valence-corrected chi connectivity index (χ2v) is 6.69. The van der Waals surface area contributed by atoms with Crippen molar-refractivity contribution in [1.29, 1.82) is 0 Å². The van der Waals surface area contributed by atoms with Gasteiger partial charge in [0.1, 0.15) is 0 Å². The Hall–Kier alpha value is -0.0500. The van der Waals surface area contributed by atoms with Gasteiger partial charge < -0.3 is 5.32 Å². The van der Waals surface area contributed by atoms with Gasteiger partial charge in [-0.25, -0.2) is 0 Å². The molecule has 1 aliphatic carbocycles. The molecule has 1 atom stereocenters. The maximum absolute atomic E-state index is 6.29. The van der Waals surface area contributed by atoms with Gasteiger partial charge in [-0.15, -0.1) is 11.3 Å². The molecule has 2 rings (SSSR count). The molecule has 3 heteroatoms. The predicted molar refractivity (Wildman–Crippen MR) is 81.6 cm³/mol. The maximum atomic E-state index is 6.29. The summed E-state index contributed by atoms with van der Waals surface area (Å²) < 4.78 is 0. The van der Waals surface area contributed by atoms with E-state index in [2.05, 4.69) is 17.6 Å². The standard InChI is InChI=1S/C15H24ClNS/c1-2-17-14(15-13(16)9-10-18-15)11-12-7-5-3-4-6-8-12/h9-10,12,14,17H,2-8,11H2,1H3. The van der Waals surface area contributed by atoms with Gasteiger partial charge in [0, 0.05) is 10.9 Å². The number of halogens is 1. The zero-order chi connectivity index (χ0) is 12.8. The smallest absolute Gasteiger partial charge is 0.0561 e. The molecule has 0 radical (unpaired) electrons. The van der Waals surface area contributed by atoms with Crippen molar-refractivity contribution in [2.45, 2.75) is 57.9 Å². The number of thiophene rings is 1. The molecule has 1 aromatic heterocycles.